The van der Waals surface area contributed by atoms with Crippen LogP contribution in [0.1, 0.15) is 20.8 Å². The molecule has 31 heavy (non-hydrogen) atoms. The SMILES string of the molecule is [2H]C([2H])([2H])c1c[n+](C)c(-c2c(C)ccc3c2oc2c4ccccc4c4ccccc4c32)cc1C. The molecular weight excluding hydrogens is 378 g/mol. The third-order valence-electron chi connectivity index (χ3n) is 6.46. The number of benzene rings is 4. The van der Waals surface area contributed by atoms with Crippen molar-refractivity contribution in [1.29, 1.82) is 0 Å². The van der Waals surface area contributed by atoms with E-state index in [1.807, 2.05) is 30.7 Å². The maximum atomic E-state index is 7.89. The number of hydrogen-bond donors (Lipinski definition) is 0. The molecule has 2 heterocycles. The Bertz CT molecular complexity index is 1780. The molecule has 2 aromatic heterocycles. The zero-order valence-corrected chi connectivity index (χ0v) is 17.8. The van der Waals surface area contributed by atoms with Crippen LogP contribution >= 0.6 is 0 Å². The minimum Gasteiger partial charge on any atom is -0.454 e. The lowest BCUT2D eigenvalue weighted by Gasteiger charge is -2.08. The third kappa shape index (κ3) is 2.48. The Morgan fingerprint density at radius 2 is 1.39 bits per heavy atom. The number of aromatic nitrogens is 1. The molecule has 0 amide bonds. The predicted molar refractivity (Wildman–Crippen MR) is 130 cm³/mol. The van der Waals surface area contributed by atoms with Crippen LogP contribution in [0.15, 0.2) is 77.3 Å². The van der Waals surface area contributed by atoms with Gasteiger partial charge in [0, 0.05) is 31.9 Å². The summed E-state index contributed by atoms with van der Waals surface area (Å²) in [4.78, 5) is 0. The normalized spacial score (nSPS) is 13.7. The number of fused-ring (bicyclic) bond motifs is 8. The second kappa shape index (κ2) is 6.42. The Balaban J connectivity index is 1.78. The lowest BCUT2D eigenvalue weighted by Crippen LogP contribution is -2.31. The van der Waals surface area contributed by atoms with Gasteiger partial charge in [-0.1, -0.05) is 60.7 Å². The minimum absolute atomic E-state index is 0.366. The highest BCUT2D eigenvalue weighted by Crippen LogP contribution is 2.43. The van der Waals surface area contributed by atoms with E-state index in [1.54, 1.807) is 6.20 Å². The molecule has 0 radical (unpaired) electrons. The molecule has 0 N–H and O–H groups in total. The van der Waals surface area contributed by atoms with Crippen LogP contribution in [-0.4, -0.2) is 0 Å². The van der Waals surface area contributed by atoms with Crippen molar-refractivity contribution in [2.45, 2.75) is 20.7 Å². The van der Waals surface area contributed by atoms with Gasteiger partial charge in [-0.05, 0) is 48.0 Å². The molecule has 0 saturated heterocycles. The van der Waals surface area contributed by atoms with Crippen LogP contribution < -0.4 is 4.57 Å². The van der Waals surface area contributed by atoms with E-state index in [2.05, 4.69) is 61.5 Å². The quantitative estimate of drug-likeness (QED) is 0.207. The Kier molecular flexibility index (Phi) is 3.15. The number of pyridine rings is 1. The molecule has 4 aromatic carbocycles. The standard InChI is InChI=1S/C29H24NO/c1-17-13-14-24-27-22-11-7-5-9-20(22)21-10-6-8-12-23(21)28(27)31-29(24)26(17)25-15-18(2)19(3)16-30(25)4/h5-16H,1-4H3/q+1/i3D3. The van der Waals surface area contributed by atoms with Gasteiger partial charge < -0.3 is 4.42 Å². The van der Waals surface area contributed by atoms with Crippen LogP contribution in [0.25, 0.3) is 54.7 Å². The molecule has 0 aliphatic carbocycles. The molecule has 6 rings (SSSR count). The van der Waals surface area contributed by atoms with Gasteiger partial charge in [-0.15, -0.1) is 0 Å². The summed E-state index contributed by atoms with van der Waals surface area (Å²) < 4.78 is 32.3. The first-order valence-corrected chi connectivity index (χ1v) is 10.5. The number of nitrogens with zero attached hydrogens (tertiary/aromatic N) is 1. The van der Waals surface area contributed by atoms with Crippen LogP contribution in [0.2, 0.25) is 0 Å². The highest BCUT2D eigenvalue weighted by atomic mass is 16.3. The highest BCUT2D eigenvalue weighted by Gasteiger charge is 2.23. The van der Waals surface area contributed by atoms with Crippen molar-refractivity contribution < 1.29 is 13.1 Å². The van der Waals surface area contributed by atoms with Crippen LogP contribution in [0.5, 0.6) is 0 Å². The number of rotatable bonds is 1. The fourth-order valence-corrected chi connectivity index (χ4v) is 4.88. The lowest BCUT2D eigenvalue weighted by molar-refractivity contribution is -0.660. The van der Waals surface area contributed by atoms with E-state index >= 15 is 0 Å². The summed E-state index contributed by atoms with van der Waals surface area (Å²) >= 11 is 0. The Hall–Kier alpha value is -3.65. The Labute approximate surface area is 185 Å². The van der Waals surface area contributed by atoms with Crippen molar-refractivity contribution >= 4 is 43.5 Å². The van der Waals surface area contributed by atoms with Crippen molar-refractivity contribution in [3.8, 4) is 11.3 Å². The molecule has 2 nitrogen and oxygen atoms in total. The molecule has 2 heteroatoms. The summed E-state index contributed by atoms with van der Waals surface area (Å²) in [6.45, 7) is 1.78. The maximum Gasteiger partial charge on any atom is 0.216 e. The van der Waals surface area contributed by atoms with Gasteiger partial charge in [0.2, 0.25) is 5.69 Å². The molecule has 0 atom stereocenters. The van der Waals surface area contributed by atoms with Gasteiger partial charge in [0.15, 0.2) is 6.20 Å². The van der Waals surface area contributed by atoms with Gasteiger partial charge in [-0.2, -0.15) is 0 Å². The van der Waals surface area contributed by atoms with E-state index in [1.165, 1.54) is 16.2 Å². The third-order valence-corrected chi connectivity index (χ3v) is 6.46. The molecular formula is C29H24NO+. The van der Waals surface area contributed by atoms with Crippen molar-refractivity contribution in [3.63, 3.8) is 0 Å². The molecule has 0 spiro atoms. The van der Waals surface area contributed by atoms with Gasteiger partial charge in [0.05, 0.1) is 5.56 Å². The van der Waals surface area contributed by atoms with E-state index in [9.17, 15) is 0 Å². The van der Waals surface area contributed by atoms with Gasteiger partial charge in [0.1, 0.15) is 18.2 Å². The van der Waals surface area contributed by atoms with Crippen LogP contribution in [-0.2, 0) is 7.05 Å². The zero-order chi connectivity index (χ0) is 23.8. The summed E-state index contributed by atoms with van der Waals surface area (Å²) in [7, 11) is 1.90. The van der Waals surface area contributed by atoms with Crippen molar-refractivity contribution in [3.05, 3.63) is 89.6 Å². The molecule has 0 unspecified atom stereocenters. The fraction of sp³-hybridized carbons (Fsp3) is 0.138. The van der Waals surface area contributed by atoms with Crippen LogP contribution in [0.3, 0.4) is 0 Å². The zero-order valence-electron chi connectivity index (χ0n) is 20.8. The maximum absolute atomic E-state index is 7.89. The molecule has 150 valence electrons. The average Bonchev–Trinajstić information content (AvgIpc) is 3.20. The van der Waals surface area contributed by atoms with E-state index in [0.717, 1.165) is 49.7 Å². The molecule has 0 aliphatic rings. The number of aryl methyl sites for hydroxylation is 4. The number of furan rings is 1. The Morgan fingerprint density at radius 3 is 2.13 bits per heavy atom. The largest absolute Gasteiger partial charge is 0.454 e. The second-order valence-corrected chi connectivity index (χ2v) is 8.40. The average molecular weight is 406 g/mol. The molecule has 6 aromatic rings. The van der Waals surface area contributed by atoms with Gasteiger partial charge in [-0.3, -0.25) is 0 Å². The van der Waals surface area contributed by atoms with Crippen molar-refractivity contribution in [1.82, 2.24) is 0 Å². The van der Waals surface area contributed by atoms with Gasteiger partial charge in [-0.25, -0.2) is 4.57 Å². The monoisotopic (exact) mass is 405 g/mol. The molecule has 0 fully saturated rings. The summed E-state index contributed by atoms with van der Waals surface area (Å²) in [5.41, 5.74) is 5.83. The topological polar surface area (TPSA) is 17.0 Å². The van der Waals surface area contributed by atoms with Crippen molar-refractivity contribution in [2.24, 2.45) is 7.05 Å². The van der Waals surface area contributed by atoms with Crippen LogP contribution in [0.4, 0.5) is 0 Å². The number of hydrogen-bond acceptors (Lipinski definition) is 1. The lowest BCUT2D eigenvalue weighted by atomic mass is 9.95. The minimum atomic E-state index is -2.15. The predicted octanol–water partition coefficient (Wildman–Crippen LogP) is 7.31. The summed E-state index contributed by atoms with van der Waals surface area (Å²) in [6, 6.07) is 23.1. The first-order chi connectivity index (χ1) is 16.3. The second-order valence-electron chi connectivity index (χ2n) is 8.40. The van der Waals surface area contributed by atoms with Crippen LogP contribution in [0, 0.1) is 20.7 Å². The summed E-state index contributed by atoms with van der Waals surface area (Å²) in [5, 5.41) is 6.82. The molecule has 0 aliphatic heterocycles. The molecule has 0 bridgehead atoms. The Morgan fingerprint density at radius 1 is 0.710 bits per heavy atom. The smallest absolute Gasteiger partial charge is 0.216 e. The van der Waals surface area contributed by atoms with Gasteiger partial charge in [0.25, 0.3) is 0 Å². The molecule has 0 saturated carbocycles. The first-order valence-electron chi connectivity index (χ1n) is 12.0. The summed E-state index contributed by atoms with van der Waals surface area (Å²) in [5.74, 6) is 0. The summed E-state index contributed by atoms with van der Waals surface area (Å²) in [6.07, 6.45) is 1.73. The van der Waals surface area contributed by atoms with E-state index < -0.39 is 6.85 Å². The van der Waals surface area contributed by atoms with Gasteiger partial charge >= 0.3 is 0 Å². The van der Waals surface area contributed by atoms with E-state index in [-0.39, 0.29) is 0 Å². The van der Waals surface area contributed by atoms with E-state index in [4.69, 9.17) is 8.53 Å². The van der Waals surface area contributed by atoms with E-state index in [0.29, 0.717) is 5.56 Å². The van der Waals surface area contributed by atoms with Crippen molar-refractivity contribution in [2.75, 3.05) is 0 Å². The highest BCUT2D eigenvalue weighted by molar-refractivity contribution is 6.30. The fourth-order valence-electron chi connectivity index (χ4n) is 4.88. The first kappa shape index (κ1) is 15.2.